The van der Waals surface area contributed by atoms with Gasteiger partial charge in [-0.1, -0.05) is 37.5 Å². The highest BCUT2D eigenvalue weighted by Gasteiger charge is 2.39. The summed E-state index contributed by atoms with van der Waals surface area (Å²) in [6.45, 7) is 4.24. The third-order valence-electron chi connectivity index (χ3n) is 6.02. The van der Waals surface area contributed by atoms with Crippen molar-refractivity contribution in [1.29, 1.82) is 0 Å². The number of nitrogens with one attached hydrogen (secondary N) is 1. The number of rotatable bonds is 5. The lowest BCUT2D eigenvalue weighted by molar-refractivity contribution is 0.309. The van der Waals surface area contributed by atoms with Gasteiger partial charge in [0.15, 0.2) is 5.82 Å². The van der Waals surface area contributed by atoms with Gasteiger partial charge in [-0.05, 0) is 72.5 Å². The number of hydrogen-bond donors (Lipinski definition) is 1. The van der Waals surface area contributed by atoms with Crippen LogP contribution in [-0.2, 0) is 5.54 Å². The Morgan fingerprint density at radius 2 is 1.59 bits per heavy atom. The minimum absolute atomic E-state index is 0.268. The van der Waals surface area contributed by atoms with Gasteiger partial charge in [0, 0.05) is 25.5 Å². The van der Waals surface area contributed by atoms with Crippen molar-refractivity contribution in [3.05, 3.63) is 59.4 Å². The van der Waals surface area contributed by atoms with Crippen LogP contribution in [-0.4, -0.2) is 34.3 Å². The van der Waals surface area contributed by atoms with Crippen LogP contribution < -0.4 is 10.2 Å². The lowest BCUT2D eigenvalue weighted by Gasteiger charge is -2.38. The van der Waals surface area contributed by atoms with Crippen molar-refractivity contribution >= 4 is 11.4 Å². The molecule has 1 aliphatic rings. The Bertz CT molecular complexity index is 947. The van der Waals surface area contributed by atoms with E-state index in [-0.39, 0.29) is 5.54 Å². The van der Waals surface area contributed by atoms with E-state index in [0.717, 1.165) is 30.0 Å². The predicted molar refractivity (Wildman–Crippen MR) is 118 cm³/mol. The Morgan fingerprint density at radius 3 is 2.21 bits per heavy atom. The van der Waals surface area contributed by atoms with Crippen molar-refractivity contribution in [2.45, 2.75) is 51.5 Å². The maximum absolute atomic E-state index is 4.54. The van der Waals surface area contributed by atoms with Crippen molar-refractivity contribution in [3.63, 3.8) is 0 Å². The number of hydrogen-bond acceptors (Lipinski definition) is 5. The molecule has 152 valence electrons. The second-order valence-corrected chi connectivity index (χ2v) is 8.36. The Kier molecular flexibility index (Phi) is 5.26. The van der Waals surface area contributed by atoms with Gasteiger partial charge in [-0.25, -0.2) is 0 Å². The fraction of sp³-hybridized carbons (Fsp3) is 0.435. The van der Waals surface area contributed by atoms with E-state index in [1.54, 1.807) is 0 Å². The van der Waals surface area contributed by atoms with Crippen molar-refractivity contribution < 1.29 is 0 Å². The van der Waals surface area contributed by atoms with Gasteiger partial charge < -0.3 is 10.2 Å². The topological polar surface area (TPSA) is 58.9 Å². The molecule has 2 aromatic carbocycles. The van der Waals surface area contributed by atoms with Crippen LogP contribution in [0.4, 0.5) is 11.4 Å². The normalized spacial score (nSPS) is 15.9. The molecule has 1 saturated carbocycles. The van der Waals surface area contributed by atoms with E-state index < -0.39 is 0 Å². The van der Waals surface area contributed by atoms with E-state index in [4.69, 9.17) is 0 Å². The zero-order chi connectivity index (χ0) is 20.4. The number of aromatic nitrogens is 4. The number of para-hydroxylation sites is 1. The maximum atomic E-state index is 4.54. The average Bonchev–Trinajstić information content (AvgIpc) is 3.19. The lowest BCUT2D eigenvalue weighted by atomic mass is 9.80. The van der Waals surface area contributed by atoms with Gasteiger partial charge >= 0.3 is 0 Å². The van der Waals surface area contributed by atoms with Gasteiger partial charge in [0.05, 0.1) is 11.2 Å². The fourth-order valence-electron chi connectivity index (χ4n) is 4.45. The summed E-state index contributed by atoms with van der Waals surface area (Å²) in [7, 11) is 4.12. The maximum Gasteiger partial charge on any atom is 0.181 e. The summed E-state index contributed by atoms with van der Waals surface area (Å²) >= 11 is 0. The fourth-order valence-corrected chi connectivity index (χ4v) is 4.45. The molecule has 4 rings (SSSR count). The molecule has 0 bridgehead atoms. The summed E-state index contributed by atoms with van der Waals surface area (Å²) in [5, 5.41) is 16.9. The van der Waals surface area contributed by atoms with E-state index in [1.165, 1.54) is 36.1 Å². The molecule has 1 aromatic heterocycles. The van der Waals surface area contributed by atoms with Crippen LogP contribution in [0.25, 0.3) is 5.69 Å². The van der Waals surface area contributed by atoms with Crippen LogP contribution >= 0.6 is 0 Å². The first-order valence-corrected chi connectivity index (χ1v) is 10.4. The SMILES string of the molecule is Cc1cccc(C)c1-n1nnnc1C1(Nc2ccc(N(C)C)cc2)CCCCC1. The summed E-state index contributed by atoms with van der Waals surface area (Å²) in [4.78, 5) is 2.11. The minimum atomic E-state index is -0.268. The second kappa shape index (κ2) is 7.85. The van der Waals surface area contributed by atoms with Crippen molar-refractivity contribution in [2.75, 3.05) is 24.3 Å². The van der Waals surface area contributed by atoms with Crippen molar-refractivity contribution in [3.8, 4) is 5.69 Å². The molecule has 0 atom stereocenters. The molecule has 29 heavy (non-hydrogen) atoms. The summed E-state index contributed by atoms with van der Waals surface area (Å²) in [6.07, 6.45) is 5.64. The number of tetrazole rings is 1. The van der Waals surface area contributed by atoms with Crippen LogP contribution in [0.2, 0.25) is 0 Å². The third-order valence-corrected chi connectivity index (χ3v) is 6.02. The second-order valence-electron chi connectivity index (χ2n) is 8.36. The Morgan fingerprint density at radius 1 is 0.931 bits per heavy atom. The number of benzene rings is 2. The van der Waals surface area contributed by atoms with Gasteiger partial charge in [-0.2, -0.15) is 4.68 Å². The number of aryl methyl sites for hydroxylation is 2. The molecule has 1 fully saturated rings. The summed E-state index contributed by atoms with van der Waals surface area (Å²) in [6, 6.07) is 14.9. The minimum Gasteiger partial charge on any atom is -0.378 e. The first kappa shape index (κ1) is 19.4. The average molecular weight is 391 g/mol. The molecular formula is C23H30N6. The van der Waals surface area contributed by atoms with Gasteiger partial charge in [0.1, 0.15) is 0 Å². The molecule has 3 aromatic rings. The summed E-state index contributed by atoms with van der Waals surface area (Å²) in [5.41, 5.74) is 5.47. The molecule has 0 spiro atoms. The summed E-state index contributed by atoms with van der Waals surface area (Å²) < 4.78 is 1.96. The summed E-state index contributed by atoms with van der Waals surface area (Å²) in [5.74, 6) is 0.909. The van der Waals surface area contributed by atoms with E-state index in [9.17, 15) is 0 Å². The van der Waals surface area contributed by atoms with Gasteiger partial charge in [-0.15, -0.1) is 5.10 Å². The van der Waals surface area contributed by atoms with Crippen LogP contribution in [0.3, 0.4) is 0 Å². The van der Waals surface area contributed by atoms with Crippen LogP contribution in [0, 0.1) is 13.8 Å². The molecule has 1 N–H and O–H groups in total. The van der Waals surface area contributed by atoms with Gasteiger partial charge in [0.2, 0.25) is 0 Å². The Hall–Kier alpha value is -2.89. The van der Waals surface area contributed by atoms with Gasteiger partial charge in [-0.3, -0.25) is 0 Å². The van der Waals surface area contributed by atoms with Gasteiger partial charge in [0.25, 0.3) is 0 Å². The highest BCUT2D eigenvalue weighted by Crippen LogP contribution is 2.40. The monoisotopic (exact) mass is 390 g/mol. The standard InChI is InChI=1S/C23H30N6/c1-17-9-8-10-18(2)21(17)29-22(25-26-27-29)23(15-6-5-7-16-23)24-19-11-13-20(14-12-19)28(3)4/h8-14,24H,5-7,15-16H2,1-4H3. The largest absolute Gasteiger partial charge is 0.378 e. The van der Waals surface area contributed by atoms with Crippen molar-refractivity contribution in [1.82, 2.24) is 20.2 Å². The lowest BCUT2D eigenvalue weighted by Crippen LogP contribution is -2.40. The smallest absolute Gasteiger partial charge is 0.181 e. The Labute approximate surface area is 172 Å². The third kappa shape index (κ3) is 3.71. The van der Waals surface area contributed by atoms with E-state index in [2.05, 4.69) is 96.1 Å². The first-order valence-electron chi connectivity index (χ1n) is 10.4. The number of nitrogens with zero attached hydrogens (tertiary/aromatic N) is 5. The molecule has 0 aliphatic heterocycles. The zero-order valence-electron chi connectivity index (χ0n) is 17.8. The van der Waals surface area contributed by atoms with Crippen molar-refractivity contribution in [2.24, 2.45) is 0 Å². The quantitative estimate of drug-likeness (QED) is 0.689. The molecule has 0 radical (unpaired) electrons. The Balaban J connectivity index is 1.76. The molecular weight excluding hydrogens is 360 g/mol. The predicted octanol–water partition coefficient (Wildman–Crippen LogP) is 4.62. The van der Waals surface area contributed by atoms with E-state index in [1.807, 2.05) is 4.68 Å². The zero-order valence-corrected chi connectivity index (χ0v) is 17.8. The molecule has 6 nitrogen and oxygen atoms in total. The molecule has 0 unspecified atom stereocenters. The molecule has 0 amide bonds. The van der Waals surface area contributed by atoms with E-state index >= 15 is 0 Å². The van der Waals surface area contributed by atoms with Crippen LogP contribution in [0.1, 0.15) is 49.1 Å². The van der Waals surface area contributed by atoms with E-state index in [0.29, 0.717) is 0 Å². The number of anilines is 2. The van der Waals surface area contributed by atoms with Crippen LogP contribution in [0.15, 0.2) is 42.5 Å². The molecule has 1 heterocycles. The molecule has 0 saturated heterocycles. The first-order chi connectivity index (χ1) is 14.0. The highest BCUT2D eigenvalue weighted by molar-refractivity contribution is 5.56. The highest BCUT2D eigenvalue weighted by atomic mass is 15.6. The van der Waals surface area contributed by atoms with Crippen LogP contribution in [0.5, 0.6) is 0 Å². The molecule has 1 aliphatic carbocycles. The molecule has 6 heteroatoms.